The number of nitrogens with one attached hydrogen (secondary N) is 1. The Morgan fingerprint density at radius 3 is 2.36 bits per heavy atom. The Hall–Kier alpha value is -0.110. The average Bonchev–Trinajstić information content (AvgIpc) is 2.72. The minimum Gasteiger partial charge on any atom is -0.310 e. The lowest BCUT2D eigenvalue weighted by molar-refractivity contribution is 0.290. The molecular weight excluding hydrogens is 141 g/mol. The molecule has 2 heteroatoms. The van der Waals surface area contributed by atoms with Gasteiger partial charge in [-0.3, -0.25) is 0 Å². The van der Waals surface area contributed by atoms with Crippen LogP contribution in [0.3, 0.4) is 0 Å². The van der Waals surface area contributed by atoms with E-state index in [2.05, 4.69) is 19.2 Å². The monoisotopic (exact) mass is 157 g/mol. The molecule has 2 fully saturated rings. The van der Waals surface area contributed by atoms with Crippen molar-refractivity contribution in [2.45, 2.75) is 44.8 Å². The van der Waals surface area contributed by atoms with Crippen LogP contribution in [-0.2, 0) is 0 Å². The van der Waals surface area contributed by atoms with E-state index in [9.17, 15) is 4.39 Å². The lowest BCUT2D eigenvalue weighted by Gasteiger charge is -2.08. The Bertz CT molecular complexity index is 172. The lowest BCUT2D eigenvalue weighted by Crippen LogP contribution is -2.29. The highest BCUT2D eigenvalue weighted by Crippen LogP contribution is 2.46. The van der Waals surface area contributed by atoms with Gasteiger partial charge < -0.3 is 5.32 Å². The standard InChI is InChI=1S/C9H16FN/c1-8(2)5-7(8)11-6-9(10)3-4-9/h7,11H,3-6H2,1-2H3. The van der Waals surface area contributed by atoms with E-state index in [0.717, 1.165) is 12.8 Å². The summed E-state index contributed by atoms with van der Waals surface area (Å²) in [6.07, 6.45) is 2.75. The van der Waals surface area contributed by atoms with Gasteiger partial charge in [0.25, 0.3) is 0 Å². The van der Waals surface area contributed by atoms with Gasteiger partial charge in [-0.2, -0.15) is 0 Å². The van der Waals surface area contributed by atoms with Crippen molar-refractivity contribution in [3.8, 4) is 0 Å². The van der Waals surface area contributed by atoms with Gasteiger partial charge in [-0.05, 0) is 24.7 Å². The smallest absolute Gasteiger partial charge is 0.123 e. The Morgan fingerprint density at radius 2 is 2.00 bits per heavy atom. The van der Waals surface area contributed by atoms with Crippen LogP contribution in [-0.4, -0.2) is 18.3 Å². The third-order valence-corrected chi connectivity index (χ3v) is 2.97. The summed E-state index contributed by atoms with van der Waals surface area (Å²) < 4.78 is 13.1. The molecule has 2 saturated carbocycles. The first-order chi connectivity index (χ1) is 5.02. The van der Waals surface area contributed by atoms with Crippen LogP contribution in [0, 0.1) is 5.41 Å². The topological polar surface area (TPSA) is 12.0 Å². The Labute approximate surface area is 67.4 Å². The van der Waals surface area contributed by atoms with Crippen LogP contribution in [0.1, 0.15) is 33.1 Å². The maximum Gasteiger partial charge on any atom is 0.123 e. The molecule has 0 aromatic rings. The molecule has 0 saturated heterocycles. The zero-order chi connectivity index (χ0) is 8.11. The number of alkyl halides is 1. The summed E-state index contributed by atoms with van der Waals surface area (Å²) in [7, 11) is 0. The zero-order valence-corrected chi connectivity index (χ0v) is 7.28. The molecule has 0 radical (unpaired) electrons. The molecule has 1 N–H and O–H groups in total. The normalized spacial score (nSPS) is 36.8. The van der Waals surface area contributed by atoms with Gasteiger partial charge in [-0.25, -0.2) is 4.39 Å². The number of halogens is 1. The van der Waals surface area contributed by atoms with Crippen LogP contribution >= 0.6 is 0 Å². The van der Waals surface area contributed by atoms with Crippen LogP contribution in [0.15, 0.2) is 0 Å². The van der Waals surface area contributed by atoms with Gasteiger partial charge in [0.05, 0.1) is 0 Å². The van der Waals surface area contributed by atoms with E-state index in [0.29, 0.717) is 18.0 Å². The molecule has 1 atom stereocenters. The van der Waals surface area contributed by atoms with Gasteiger partial charge in [0.2, 0.25) is 0 Å². The lowest BCUT2D eigenvalue weighted by atomic mass is 10.2. The van der Waals surface area contributed by atoms with Crippen molar-refractivity contribution in [3.63, 3.8) is 0 Å². The van der Waals surface area contributed by atoms with E-state index in [4.69, 9.17) is 0 Å². The van der Waals surface area contributed by atoms with Gasteiger partial charge in [-0.1, -0.05) is 13.8 Å². The molecule has 64 valence electrons. The van der Waals surface area contributed by atoms with Gasteiger partial charge in [0, 0.05) is 12.6 Å². The van der Waals surface area contributed by atoms with Crippen molar-refractivity contribution in [1.29, 1.82) is 0 Å². The van der Waals surface area contributed by atoms with Crippen molar-refractivity contribution in [2.24, 2.45) is 5.41 Å². The van der Waals surface area contributed by atoms with Crippen LogP contribution in [0.5, 0.6) is 0 Å². The summed E-state index contributed by atoms with van der Waals surface area (Å²) in [5, 5.41) is 3.27. The summed E-state index contributed by atoms with van der Waals surface area (Å²) in [5.41, 5.74) is -0.385. The van der Waals surface area contributed by atoms with Crippen LogP contribution in [0.25, 0.3) is 0 Å². The second kappa shape index (κ2) is 1.98. The van der Waals surface area contributed by atoms with E-state index in [1.807, 2.05) is 0 Å². The maximum atomic E-state index is 13.1. The Kier molecular flexibility index (Phi) is 1.35. The van der Waals surface area contributed by atoms with E-state index in [1.165, 1.54) is 6.42 Å². The van der Waals surface area contributed by atoms with Gasteiger partial charge in [0.1, 0.15) is 5.67 Å². The second-order valence-electron chi connectivity index (χ2n) is 4.78. The molecular formula is C9H16FN. The van der Waals surface area contributed by atoms with E-state index in [1.54, 1.807) is 0 Å². The van der Waals surface area contributed by atoms with E-state index >= 15 is 0 Å². The SMILES string of the molecule is CC1(C)CC1NCC1(F)CC1. The molecule has 2 aliphatic rings. The fraction of sp³-hybridized carbons (Fsp3) is 1.00. The first kappa shape index (κ1) is 7.53. The summed E-state index contributed by atoms with van der Waals surface area (Å²) in [5.74, 6) is 0. The van der Waals surface area contributed by atoms with Gasteiger partial charge in [0.15, 0.2) is 0 Å². The Balaban J connectivity index is 1.69. The number of hydrogen-bond donors (Lipinski definition) is 1. The van der Waals surface area contributed by atoms with Crippen LogP contribution in [0.4, 0.5) is 4.39 Å². The summed E-state index contributed by atoms with van der Waals surface area (Å²) in [6, 6.07) is 0.579. The molecule has 0 spiro atoms. The molecule has 2 aliphatic carbocycles. The van der Waals surface area contributed by atoms with Crippen molar-refractivity contribution in [2.75, 3.05) is 6.54 Å². The van der Waals surface area contributed by atoms with Crippen LogP contribution in [0.2, 0.25) is 0 Å². The molecule has 0 amide bonds. The predicted molar refractivity (Wildman–Crippen MR) is 43.3 cm³/mol. The molecule has 0 bridgehead atoms. The highest BCUT2D eigenvalue weighted by Gasteiger charge is 2.49. The molecule has 0 aliphatic heterocycles. The average molecular weight is 157 g/mol. The molecule has 1 nitrogen and oxygen atoms in total. The molecule has 0 aromatic heterocycles. The third-order valence-electron chi connectivity index (χ3n) is 2.97. The summed E-state index contributed by atoms with van der Waals surface area (Å²) >= 11 is 0. The predicted octanol–water partition coefficient (Wildman–Crippen LogP) is 1.88. The number of hydrogen-bond acceptors (Lipinski definition) is 1. The number of rotatable bonds is 3. The molecule has 0 heterocycles. The second-order valence-corrected chi connectivity index (χ2v) is 4.78. The largest absolute Gasteiger partial charge is 0.310 e. The fourth-order valence-corrected chi connectivity index (χ4v) is 1.43. The van der Waals surface area contributed by atoms with Crippen molar-refractivity contribution < 1.29 is 4.39 Å². The van der Waals surface area contributed by atoms with E-state index in [-0.39, 0.29) is 0 Å². The van der Waals surface area contributed by atoms with Crippen molar-refractivity contribution in [1.82, 2.24) is 5.32 Å². The first-order valence-corrected chi connectivity index (χ1v) is 4.44. The maximum absolute atomic E-state index is 13.1. The summed E-state index contributed by atoms with van der Waals surface area (Å²) in [4.78, 5) is 0. The zero-order valence-electron chi connectivity index (χ0n) is 7.28. The molecule has 2 rings (SSSR count). The first-order valence-electron chi connectivity index (χ1n) is 4.44. The minimum absolute atomic E-state index is 0.436. The molecule has 1 unspecified atom stereocenters. The van der Waals surface area contributed by atoms with E-state index < -0.39 is 5.67 Å². The summed E-state index contributed by atoms with van der Waals surface area (Å²) in [6.45, 7) is 5.03. The fourth-order valence-electron chi connectivity index (χ4n) is 1.43. The third kappa shape index (κ3) is 1.56. The van der Waals surface area contributed by atoms with Gasteiger partial charge >= 0.3 is 0 Å². The van der Waals surface area contributed by atoms with Crippen molar-refractivity contribution >= 4 is 0 Å². The minimum atomic E-state index is -0.821. The molecule has 11 heavy (non-hydrogen) atoms. The Morgan fingerprint density at radius 1 is 1.45 bits per heavy atom. The quantitative estimate of drug-likeness (QED) is 0.659. The molecule has 0 aromatic carbocycles. The van der Waals surface area contributed by atoms with Crippen LogP contribution < -0.4 is 5.32 Å². The van der Waals surface area contributed by atoms with Crippen molar-refractivity contribution in [3.05, 3.63) is 0 Å². The van der Waals surface area contributed by atoms with Gasteiger partial charge in [-0.15, -0.1) is 0 Å². The highest BCUT2D eigenvalue weighted by atomic mass is 19.1. The highest BCUT2D eigenvalue weighted by molar-refractivity contribution is 5.05.